The molecule has 1 aromatic heterocycles. The zero-order valence-electron chi connectivity index (χ0n) is 35.0. The first-order valence-corrected chi connectivity index (χ1v) is 21.9. The largest absolute Gasteiger partial charge is 0.455 e. The second-order valence-electron chi connectivity index (χ2n) is 16.5. The van der Waals surface area contributed by atoms with Gasteiger partial charge in [0.25, 0.3) is 0 Å². The Morgan fingerprint density at radius 2 is 0.750 bits per heavy atom. The molecule has 0 saturated heterocycles. The molecule has 0 amide bonds. The fourth-order valence-electron chi connectivity index (χ4n) is 9.51. The van der Waals surface area contributed by atoms with E-state index in [1.54, 1.807) is 0 Å². The molecule has 12 rings (SSSR count). The van der Waals surface area contributed by atoms with Gasteiger partial charge in [0.1, 0.15) is 11.2 Å². The fourth-order valence-corrected chi connectivity index (χ4v) is 9.51. The molecule has 0 saturated carbocycles. The van der Waals surface area contributed by atoms with Gasteiger partial charge in [-0.3, -0.25) is 0 Å². The highest BCUT2D eigenvalue weighted by Crippen LogP contribution is 2.49. The van der Waals surface area contributed by atoms with Gasteiger partial charge in [0, 0.05) is 38.5 Å². The molecule has 0 unspecified atom stereocenters. The maximum absolute atomic E-state index is 7.35. The van der Waals surface area contributed by atoms with Gasteiger partial charge < -0.3 is 9.32 Å². The van der Waals surface area contributed by atoms with Crippen molar-refractivity contribution in [1.82, 2.24) is 0 Å². The van der Waals surface area contributed by atoms with Gasteiger partial charge in [0.15, 0.2) is 0 Å². The summed E-state index contributed by atoms with van der Waals surface area (Å²) in [4.78, 5) is 2.42. The van der Waals surface area contributed by atoms with Crippen LogP contribution in [0.25, 0.3) is 99.1 Å². The van der Waals surface area contributed by atoms with Crippen LogP contribution < -0.4 is 4.90 Å². The number of hydrogen-bond acceptors (Lipinski definition) is 2. The Morgan fingerprint density at radius 3 is 1.39 bits per heavy atom. The smallest absolute Gasteiger partial charge is 0.143 e. The zero-order chi connectivity index (χ0) is 42.4. The molecule has 0 N–H and O–H groups in total. The highest BCUT2D eigenvalue weighted by atomic mass is 16.3. The predicted octanol–water partition coefficient (Wildman–Crippen LogP) is 17.7. The molecule has 0 atom stereocenters. The standard InChI is InChI=1S/C62H41NO/c1-5-17-42(18-6-1)46-29-32-52(33-30-46)63(53-34-31-45-23-13-14-26-48(45)40-53)59-41-58-60-54(47-24-11-4-12-25-47)35-36-55(62(60)64-61(58)57-28-16-15-27-56(57)59)51-38-49(43-19-7-2-8-20-43)37-50(39-51)44-21-9-3-10-22-44/h1-41H. The first-order valence-electron chi connectivity index (χ1n) is 21.9. The molecule has 1 heterocycles. The second kappa shape index (κ2) is 15.8. The minimum Gasteiger partial charge on any atom is -0.455 e. The molecule has 0 aliphatic carbocycles. The van der Waals surface area contributed by atoms with Crippen molar-refractivity contribution in [2.75, 3.05) is 4.90 Å². The molecule has 64 heavy (non-hydrogen) atoms. The minimum absolute atomic E-state index is 0.868. The van der Waals surface area contributed by atoms with E-state index in [4.69, 9.17) is 4.42 Å². The normalized spacial score (nSPS) is 11.4. The van der Waals surface area contributed by atoms with Crippen LogP contribution in [0.4, 0.5) is 17.1 Å². The van der Waals surface area contributed by atoms with Crippen molar-refractivity contribution >= 4 is 60.5 Å². The summed E-state index contributed by atoms with van der Waals surface area (Å²) >= 11 is 0. The van der Waals surface area contributed by atoms with Crippen molar-refractivity contribution in [2.45, 2.75) is 0 Å². The lowest BCUT2D eigenvalue weighted by Gasteiger charge is -2.27. The molecule has 11 aromatic carbocycles. The Morgan fingerprint density at radius 1 is 0.266 bits per heavy atom. The van der Waals surface area contributed by atoms with Gasteiger partial charge in [-0.15, -0.1) is 0 Å². The second-order valence-corrected chi connectivity index (χ2v) is 16.5. The Balaban J connectivity index is 1.15. The van der Waals surface area contributed by atoms with E-state index in [0.717, 1.165) is 83.2 Å². The average Bonchev–Trinajstić information content (AvgIpc) is 3.77. The first-order chi connectivity index (χ1) is 31.7. The number of nitrogens with zero attached hydrogens (tertiary/aromatic N) is 1. The monoisotopic (exact) mass is 815 g/mol. The quantitative estimate of drug-likeness (QED) is 0.152. The molecule has 2 nitrogen and oxygen atoms in total. The number of fused-ring (bicyclic) bond motifs is 6. The molecular weight excluding hydrogens is 775 g/mol. The van der Waals surface area contributed by atoms with Crippen molar-refractivity contribution < 1.29 is 4.42 Å². The van der Waals surface area contributed by atoms with E-state index >= 15 is 0 Å². The fraction of sp³-hybridized carbons (Fsp3) is 0. The Kier molecular flexibility index (Phi) is 9.20. The summed E-state index contributed by atoms with van der Waals surface area (Å²) in [6, 6.07) is 89.6. The number of benzene rings is 11. The molecular formula is C62H41NO. The van der Waals surface area contributed by atoms with Crippen molar-refractivity contribution in [3.05, 3.63) is 249 Å². The third kappa shape index (κ3) is 6.61. The van der Waals surface area contributed by atoms with Crippen LogP contribution in [0.2, 0.25) is 0 Å². The van der Waals surface area contributed by atoms with Gasteiger partial charge in [-0.25, -0.2) is 0 Å². The summed E-state index contributed by atoms with van der Waals surface area (Å²) in [6.45, 7) is 0. The van der Waals surface area contributed by atoms with E-state index in [1.165, 1.54) is 33.0 Å². The summed E-state index contributed by atoms with van der Waals surface area (Å²) in [5, 5.41) is 6.72. The van der Waals surface area contributed by atoms with E-state index in [1.807, 2.05) is 0 Å². The topological polar surface area (TPSA) is 16.4 Å². The van der Waals surface area contributed by atoms with Crippen molar-refractivity contribution in [3.8, 4) is 55.6 Å². The van der Waals surface area contributed by atoms with Gasteiger partial charge in [-0.1, -0.05) is 194 Å². The van der Waals surface area contributed by atoms with E-state index < -0.39 is 0 Å². The summed E-state index contributed by atoms with van der Waals surface area (Å²) in [7, 11) is 0. The summed E-state index contributed by atoms with van der Waals surface area (Å²) in [6.07, 6.45) is 0. The molecule has 0 radical (unpaired) electrons. The Labute approximate surface area is 372 Å². The van der Waals surface area contributed by atoms with E-state index in [2.05, 4.69) is 254 Å². The van der Waals surface area contributed by atoms with Crippen molar-refractivity contribution in [3.63, 3.8) is 0 Å². The number of anilines is 3. The average molecular weight is 816 g/mol. The third-order valence-corrected chi connectivity index (χ3v) is 12.6. The van der Waals surface area contributed by atoms with E-state index in [-0.39, 0.29) is 0 Å². The van der Waals surface area contributed by atoms with Crippen molar-refractivity contribution in [1.29, 1.82) is 0 Å². The predicted molar refractivity (Wildman–Crippen MR) is 271 cm³/mol. The van der Waals surface area contributed by atoms with Crippen LogP contribution in [0.1, 0.15) is 0 Å². The van der Waals surface area contributed by atoms with E-state index in [9.17, 15) is 0 Å². The third-order valence-electron chi connectivity index (χ3n) is 12.6. The maximum Gasteiger partial charge on any atom is 0.143 e. The van der Waals surface area contributed by atoms with Crippen LogP contribution in [0, 0.1) is 0 Å². The summed E-state index contributed by atoms with van der Waals surface area (Å²) in [5.74, 6) is 0. The van der Waals surface area contributed by atoms with E-state index in [0.29, 0.717) is 0 Å². The lowest BCUT2D eigenvalue weighted by Crippen LogP contribution is -2.10. The number of furan rings is 1. The summed E-state index contributed by atoms with van der Waals surface area (Å²) < 4.78 is 7.35. The van der Waals surface area contributed by atoms with Gasteiger partial charge in [-0.05, 0) is 115 Å². The van der Waals surface area contributed by atoms with Crippen LogP contribution in [0.15, 0.2) is 253 Å². The highest BCUT2D eigenvalue weighted by molar-refractivity contribution is 6.24. The maximum atomic E-state index is 7.35. The lowest BCUT2D eigenvalue weighted by molar-refractivity contribution is 0.674. The van der Waals surface area contributed by atoms with Crippen LogP contribution in [0.3, 0.4) is 0 Å². The van der Waals surface area contributed by atoms with Crippen LogP contribution >= 0.6 is 0 Å². The molecule has 300 valence electrons. The van der Waals surface area contributed by atoms with Crippen LogP contribution in [-0.4, -0.2) is 0 Å². The summed E-state index contributed by atoms with van der Waals surface area (Å²) in [5.41, 5.74) is 16.4. The number of hydrogen-bond donors (Lipinski definition) is 0. The Bertz CT molecular complexity index is 3570. The van der Waals surface area contributed by atoms with Crippen LogP contribution in [-0.2, 0) is 0 Å². The first kappa shape index (κ1) is 37.3. The van der Waals surface area contributed by atoms with Gasteiger partial charge >= 0.3 is 0 Å². The molecule has 0 aliphatic rings. The van der Waals surface area contributed by atoms with Gasteiger partial charge in [0.05, 0.1) is 5.69 Å². The lowest BCUT2D eigenvalue weighted by atomic mass is 9.90. The number of rotatable bonds is 8. The Hall–Kier alpha value is -8.46. The molecule has 0 bridgehead atoms. The molecule has 12 aromatic rings. The molecule has 0 fully saturated rings. The minimum atomic E-state index is 0.868. The SMILES string of the molecule is c1ccc(-c2ccc(N(c3ccc4ccccc4c3)c3cc4c(oc5c(-c6cc(-c7ccccc7)cc(-c7ccccc7)c6)ccc(-c6ccccc6)c54)c4ccccc34)cc2)cc1. The van der Waals surface area contributed by atoms with Gasteiger partial charge in [0.2, 0.25) is 0 Å². The zero-order valence-corrected chi connectivity index (χ0v) is 35.0. The molecule has 2 heteroatoms. The highest BCUT2D eigenvalue weighted by Gasteiger charge is 2.24. The molecule has 0 aliphatic heterocycles. The van der Waals surface area contributed by atoms with Crippen molar-refractivity contribution in [2.24, 2.45) is 0 Å². The molecule has 0 spiro atoms. The van der Waals surface area contributed by atoms with Gasteiger partial charge in [-0.2, -0.15) is 0 Å². The van der Waals surface area contributed by atoms with Crippen LogP contribution in [0.5, 0.6) is 0 Å².